The van der Waals surface area contributed by atoms with E-state index in [4.69, 9.17) is 0 Å². The second-order valence-electron chi connectivity index (χ2n) is 11.4. The van der Waals surface area contributed by atoms with Crippen LogP contribution in [-0.4, -0.2) is 63.1 Å². The number of nitrogens with one attached hydrogen (secondary N) is 2. The van der Waals surface area contributed by atoms with Crippen LogP contribution < -0.4 is 10.6 Å². The number of carbonyl (C=O) groups excluding carboxylic acids is 2. The summed E-state index contributed by atoms with van der Waals surface area (Å²) in [6.45, 7) is 1.47. The Morgan fingerprint density at radius 1 is 1.12 bits per heavy atom. The summed E-state index contributed by atoms with van der Waals surface area (Å²) in [6.07, 6.45) is 12.5. The molecule has 1 aliphatic heterocycles. The number of nitrogens with zero attached hydrogens (tertiary/aromatic N) is 3. The largest absolute Gasteiger partial charge is 0.481 e. The highest BCUT2D eigenvalue weighted by molar-refractivity contribution is 5.87. The van der Waals surface area contributed by atoms with Crippen LogP contribution in [0.5, 0.6) is 0 Å². The lowest BCUT2D eigenvalue weighted by Gasteiger charge is -2.48. The molecule has 0 radical (unpaired) electrons. The molecule has 1 saturated heterocycles. The zero-order valence-electron chi connectivity index (χ0n) is 23.4. The van der Waals surface area contributed by atoms with Gasteiger partial charge in [0.2, 0.25) is 5.91 Å². The molecule has 9 nitrogen and oxygen atoms in total. The van der Waals surface area contributed by atoms with Gasteiger partial charge in [-0.15, -0.1) is 0 Å². The lowest BCUT2D eigenvalue weighted by Crippen LogP contribution is -2.55. The van der Waals surface area contributed by atoms with Gasteiger partial charge in [0, 0.05) is 57.8 Å². The van der Waals surface area contributed by atoms with Crippen molar-refractivity contribution in [3.8, 4) is 0 Å². The van der Waals surface area contributed by atoms with Gasteiger partial charge in [-0.3, -0.25) is 9.59 Å². The number of likely N-dealkylation sites (tertiary alicyclic amines) is 1. The number of carboxylic acids is 1. The summed E-state index contributed by atoms with van der Waals surface area (Å²) >= 11 is 0. The summed E-state index contributed by atoms with van der Waals surface area (Å²) in [4.78, 5) is 43.9. The van der Waals surface area contributed by atoms with E-state index in [-0.39, 0.29) is 30.0 Å². The van der Waals surface area contributed by atoms with Gasteiger partial charge in [0.05, 0.1) is 6.33 Å². The monoisotopic (exact) mass is 555 g/mol. The molecule has 2 fully saturated rings. The molecule has 3 amide bonds. The average molecular weight is 556 g/mol. The number of imidazole rings is 1. The van der Waals surface area contributed by atoms with Gasteiger partial charge in [0.15, 0.2) is 0 Å². The van der Waals surface area contributed by atoms with Crippen LogP contribution in [0.2, 0.25) is 0 Å². The molecule has 1 aliphatic carbocycles. The molecular formula is C30H42FN5O4. The Morgan fingerprint density at radius 2 is 1.82 bits per heavy atom. The van der Waals surface area contributed by atoms with Gasteiger partial charge >= 0.3 is 12.0 Å². The molecule has 1 atom stereocenters. The van der Waals surface area contributed by atoms with Crippen LogP contribution >= 0.6 is 0 Å². The van der Waals surface area contributed by atoms with Gasteiger partial charge in [-0.1, -0.05) is 31.4 Å². The van der Waals surface area contributed by atoms with Crippen LogP contribution in [0, 0.1) is 17.2 Å². The van der Waals surface area contributed by atoms with Crippen molar-refractivity contribution < 1.29 is 23.9 Å². The number of aliphatic carboxylic acids is 1. The number of piperidine rings is 1. The zero-order chi connectivity index (χ0) is 28.5. The molecule has 2 aliphatic rings. The second-order valence-corrected chi connectivity index (χ2v) is 11.4. The summed E-state index contributed by atoms with van der Waals surface area (Å²) in [5, 5.41) is 15.1. The molecule has 40 heavy (non-hydrogen) atoms. The van der Waals surface area contributed by atoms with Crippen LogP contribution in [-0.2, 0) is 29.5 Å². The van der Waals surface area contributed by atoms with Gasteiger partial charge in [0.25, 0.3) is 0 Å². The summed E-state index contributed by atoms with van der Waals surface area (Å²) in [5.41, 5.74) is 1.68. The fraction of sp³-hybridized carbons (Fsp3) is 0.600. The van der Waals surface area contributed by atoms with Crippen LogP contribution in [0.15, 0.2) is 36.8 Å². The first-order valence-electron chi connectivity index (χ1n) is 14.5. The van der Waals surface area contributed by atoms with Gasteiger partial charge in [-0.05, 0) is 61.1 Å². The molecule has 1 saturated carbocycles. The predicted molar refractivity (Wildman–Crippen MR) is 149 cm³/mol. The van der Waals surface area contributed by atoms with Crippen molar-refractivity contribution in [2.45, 2.75) is 76.7 Å². The molecule has 0 bridgehead atoms. The Kier molecular flexibility index (Phi) is 10.2. The number of urea groups is 1. The summed E-state index contributed by atoms with van der Waals surface area (Å²) < 4.78 is 15.4. The van der Waals surface area contributed by atoms with Crippen molar-refractivity contribution in [2.75, 3.05) is 19.6 Å². The van der Waals surface area contributed by atoms with Gasteiger partial charge in [-0.25, -0.2) is 14.2 Å². The minimum absolute atomic E-state index is 0.0569. The Bertz CT molecular complexity index is 1140. The highest BCUT2D eigenvalue weighted by Crippen LogP contribution is 2.49. The summed E-state index contributed by atoms with van der Waals surface area (Å²) in [5.74, 6) is -0.798. The molecule has 2 heterocycles. The van der Waals surface area contributed by atoms with Crippen molar-refractivity contribution in [1.82, 2.24) is 25.1 Å². The maximum atomic E-state index is 13.8. The SMILES string of the molecule is Cn1cncc1CCNC(=O)N[C@H](Cc1ccc(F)cc1)C(=O)N1CCC(CCC(=O)O)(C2CCCCC2)CC1. The van der Waals surface area contributed by atoms with Crippen molar-refractivity contribution in [3.63, 3.8) is 0 Å². The van der Waals surface area contributed by atoms with Crippen molar-refractivity contribution >= 4 is 17.9 Å². The molecule has 2 aromatic rings. The smallest absolute Gasteiger partial charge is 0.315 e. The van der Waals surface area contributed by atoms with E-state index in [1.54, 1.807) is 24.7 Å². The fourth-order valence-electron chi connectivity index (χ4n) is 6.52. The number of hydrogen-bond acceptors (Lipinski definition) is 4. The minimum Gasteiger partial charge on any atom is -0.481 e. The Balaban J connectivity index is 1.41. The number of hydrogen-bond donors (Lipinski definition) is 3. The molecule has 0 unspecified atom stereocenters. The lowest BCUT2D eigenvalue weighted by atomic mass is 9.61. The number of carboxylic acid groups (broad SMARTS) is 1. The molecule has 10 heteroatoms. The molecule has 1 aromatic heterocycles. The van der Waals surface area contributed by atoms with Gasteiger partial charge < -0.3 is 25.2 Å². The standard InChI is InChI=1S/C30H42FN5O4/c1-35-21-32-20-25(35)12-16-33-29(40)34-26(19-22-7-9-24(31)10-8-22)28(39)36-17-14-30(15-18-36,13-11-27(37)38)23-5-3-2-4-6-23/h7-10,20-21,23,26H,2-6,11-19H2,1H3,(H,37,38)(H2,33,34,40)/t26-/m1/s1. The average Bonchev–Trinajstić information content (AvgIpc) is 3.37. The normalized spacial score (nSPS) is 18.2. The number of rotatable bonds is 11. The third-order valence-corrected chi connectivity index (χ3v) is 8.92. The third-order valence-electron chi connectivity index (χ3n) is 8.92. The first-order chi connectivity index (χ1) is 19.3. The molecule has 0 spiro atoms. The first-order valence-corrected chi connectivity index (χ1v) is 14.5. The van der Waals surface area contributed by atoms with Crippen LogP contribution in [0.4, 0.5) is 9.18 Å². The quantitative estimate of drug-likeness (QED) is 0.387. The Morgan fingerprint density at radius 3 is 2.45 bits per heavy atom. The zero-order valence-corrected chi connectivity index (χ0v) is 23.4. The first kappa shape index (κ1) is 29.6. The highest BCUT2D eigenvalue weighted by atomic mass is 19.1. The number of amides is 3. The van der Waals surface area contributed by atoms with E-state index in [1.165, 1.54) is 31.4 Å². The fourth-order valence-corrected chi connectivity index (χ4v) is 6.52. The number of aromatic nitrogens is 2. The van der Waals surface area contributed by atoms with Crippen molar-refractivity contribution in [3.05, 3.63) is 53.9 Å². The number of benzene rings is 1. The molecule has 3 N–H and O–H groups in total. The number of aryl methyl sites for hydroxylation is 1. The van der Waals surface area contributed by atoms with E-state index in [1.807, 2.05) is 16.5 Å². The highest BCUT2D eigenvalue weighted by Gasteiger charge is 2.43. The van der Waals surface area contributed by atoms with Crippen molar-refractivity contribution in [2.24, 2.45) is 18.4 Å². The Labute approximate surface area is 235 Å². The van der Waals surface area contributed by atoms with E-state index in [0.717, 1.165) is 36.9 Å². The number of halogens is 1. The van der Waals surface area contributed by atoms with Crippen LogP contribution in [0.1, 0.15) is 69.0 Å². The van der Waals surface area contributed by atoms with Gasteiger partial charge in [0.1, 0.15) is 11.9 Å². The second kappa shape index (κ2) is 13.8. The van der Waals surface area contributed by atoms with Crippen LogP contribution in [0.3, 0.4) is 0 Å². The predicted octanol–water partition coefficient (Wildman–Crippen LogP) is 4.07. The van der Waals surface area contributed by atoms with Crippen LogP contribution in [0.25, 0.3) is 0 Å². The molecule has 4 rings (SSSR count). The van der Waals surface area contributed by atoms with E-state index in [2.05, 4.69) is 15.6 Å². The van der Waals surface area contributed by atoms with E-state index in [0.29, 0.717) is 38.4 Å². The van der Waals surface area contributed by atoms with Gasteiger partial charge in [-0.2, -0.15) is 0 Å². The topological polar surface area (TPSA) is 117 Å². The number of carbonyl (C=O) groups is 3. The van der Waals surface area contributed by atoms with E-state index in [9.17, 15) is 23.9 Å². The lowest BCUT2D eigenvalue weighted by molar-refractivity contribution is -0.140. The molecule has 218 valence electrons. The maximum absolute atomic E-state index is 13.8. The summed E-state index contributed by atoms with van der Waals surface area (Å²) in [6, 6.07) is 4.74. The maximum Gasteiger partial charge on any atom is 0.315 e. The van der Waals surface area contributed by atoms with E-state index < -0.39 is 18.0 Å². The third kappa shape index (κ3) is 7.82. The molecule has 1 aromatic carbocycles. The van der Waals surface area contributed by atoms with Crippen molar-refractivity contribution in [1.29, 1.82) is 0 Å². The Hall–Kier alpha value is -3.43. The minimum atomic E-state index is -0.802. The molecular weight excluding hydrogens is 513 g/mol. The summed E-state index contributed by atoms with van der Waals surface area (Å²) in [7, 11) is 1.89. The van der Waals surface area contributed by atoms with E-state index >= 15 is 0 Å².